The van der Waals surface area contributed by atoms with Crippen molar-refractivity contribution in [3.63, 3.8) is 0 Å². The van der Waals surface area contributed by atoms with Crippen LogP contribution in [-0.4, -0.2) is 24.7 Å². The van der Waals surface area contributed by atoms with Crippen LogP contribution in [0, 0.1) is 5.41 Å². The maximum absolute atomic E-state index is 12.4. The van der Waals surface area contributed by atoms with Crippen molar-refractivity contribution >= 4 is 35.2 Å². The van der Waals surface area contributed by atoms with Crippen LogP contribution in [0.4, 0.5) is 11.4 Å². The summed E-state index contributed by atoms with van der Waals surface area (Å²) in [6.45, 7) is 12.3. The zero-order chi connectivity index (χ0) is 23.6. The molecule has 2 aromatic rings. The Morgan fingerprint density at radius 3 is 2.38 bits per heavy atom. The SMILES string of the molecule is C=C/C=C(\N=C\Nc1cccc(C(=O)NCCC(C)(C)C)c1)c1ccc(NC(C)=O)cc1. The maximum atomic E-state index is 12.4. The van der Waals surface area contributed by atoms with Gasteiger partial charge in [0, 0.05) is 36.0 Å². The number of benzene rings is 2. The number of anilines is 2. The Morgan fingerprint density at radius 1 is 1.03 bits per heavy atom. The van der Waals surface area contributed by atoms with Gasteiger partial charge in [0.2, 0.25) is 5.91 Å². The molecule has 168 valence electrons. The molecule has 0 atom stereocenters. The molecule has 2 aromatic carbocycles. The Kier molecular flexibility index (Phi) is 8.95. The van der Waals surface area contributed by atoms with Gasteiger partial charge in [-0.15, -0.1) is 0 Å². The fourth-order valence-corrected chi connectivity index (χ4v) is 2.83. The predicted octanol–water partition coefficient (Wildman–Crippen LogP) is 5.48. The molecule has 0 aliphatic heterocycles. The van der Waals surface area contributed by atoms with Crippen LogP contribution >= 0.6 is 0 Å². The number of hydrogen-bond donors (Lipinski definition) is 3. The van der Waals surface area contributed by atoms with Gasteiger partial charge in [-0.05, 0) is 48.2 Å². The van der Waals surface area contributed by atoms with E-state index >= 15 is 0 Å². The molecule has 0 saturated heterocycles. The minimum absolute atomic E-state index is 0.0960. The van der Waals surface area contributed by atoms with Crippen LogP contribution in [0.3, 0.4) is 0 Å². The lowest BCUT2D eigenvalue weighted by Crippen LogP contribution is -2.27. The largest absolute Gasteiger partial charge is 0.352 e. The van der Waals surface area contributed by atoms with Crippen molar-refractivity contribution in [2.45, 2.75) is 34.1 Å². The lowest BCUT2D eigenvalue weighted by atomic mass is 9.92. The number of nitrogens with zero attached hydrogens (tertiary/aromatic N) is 1. The minimum atomic E-state index is -0.119. The Labute approximate surface area is 190 Å². The first-order valence-electron chi connectivity index (χ1n) is 10.6. The van der Waals surface area contributed by atoms with Crippen LogP contribution in [0.5, 0.6) is 0 Å². The molecule has 0 aliphatic carbocycles. The lowest BCUT2D eigenvalue weighted by molar-refractivity contribution is -0.114. The zero-order valence-electron chi connectivity index (χ0n) is 19.2. The second-order valence-electron chi connectivity index (χ2n) is 8.60. The van der Waals surface area contributed by atoms with Crippen molar-refractivity contribution in [1.29, 1.82) is 0 Å². The summed E-state index contributed by atoms with van der Waals surface area (Å²) >= 11 is 0. The first-order chi connectivity index (χ1) is 15.2. The van der Waals surface area contributed by atoms with Crippen molar-refractivity contribution in [1.82, 2.24) is 5.32 Å². The molecular weight excluding hydrogens is 400 g/mol. The highest BCUT2D eigenvalue weighted by atomic mass is 16.2. The summed E-state index contributed by atoms with van der Waals surface area (Å²) in [5.74, 6) is -0.215. The molecule has 0 fully saturated rings. The van der Waals surface area contributed by atoms with E-state index in [0.717, 1.165) is 23.4 Å². The summed E-state index contributed by atoms with van der Waals surface area (Å²) in [4.78, 5) is 28.1. The molecule has 0 heterocycles. The quantitative estimate of drug-likeness (QED) is 0.279. The fourth-order valence-electron chi connectivity index (χ4n) is 2.83. The number of carbonyl (C=O) groups is 2. The number of aliphatic imine (C=N–C) groups is 1. The summed E-state index contributed by atoms with van der Waals surface area (Å²) < 4.78 is 0. The second kappa shape index (κ2) is 11.6. The molecule has 0 bridgehead atoms. The van der Waals surface area contributed by atoms with Crippen LogP contribution in [0.2, 0.25) is 0 Å². The summed E-state index contributed by atoms with van der Waals surface area (Å²) in [7, 11) is 0. The molecule has 6 nitrogen and oxygen atoms in total. The zero-order valence-corrected chi connectivity index (χ0v) is 19.2. The van der Waals surface area contributed by atoms with E-state index in [1.807, 2.05) is 36.4 Å². The number of amides is 2. The highest BCUT2D eigenvalue weighted by Gasteiger charge is 2.11. The fraction of sp³-hybridized carbons (Fsp3) is 0.269. The van der Waals surface area contributed by atoms with Gasteiger partial charge < -0.3 is 16.0 Å². The van der Waals surface area contributed by atoms with Crippen molar-refractivity contribution in [3.8, 4) is 0 Å². The highest BCUT2D eigenvalue weighted by molar-refractivity contribution is 5.96. The van der Waals surface area contributed by atoms with Gasteiger partial charge in [-0.2, -0.15) is 0 Å². The molecular formula is C26H32N4O2. The van der Waals surface area contributed by atoms with E-state index in [0.29, 0.717) is 17.8 Å². The summed E-state index contributed by atoms with van der Waals surface area (Å²) in [6.07, 6.45) is 5.95. The van der Waals surface area contributed by atoms with E-state index in [4.69, 9.17) is 0 Å². The van der Waals surface area contributed by atoms with Crippen LogP contribution in [-0.2, 0) is 4.79 Å². The average Bonchev–Trinajstić information content (AvgIpc) is 2.72. The molecule has 0 aliphatic rings. The van der Waals surface area contributed by atoms with E-state index in [9.17, 15) is 9.59 Å². The molecule has 0 radical (unpaired) electrons. The number of hydrogen-bond acceptors (Lipinski definition) is 3. The van der Waals surface area contributed by atoms with Crippen LogP contribution in [0.1, 0.15) is 50.0 Å². The second-order valence-corrected chi connectivity index (χ2v) is 8.60. The van der Waals surface area contributed by atoms with Crippen molar-refractivity contribution in [3.05, 3.63) is 78.4 Å². The lowest BCUT2D eigenvalue weighted by Gasteiger charge is -2.18. The van der Waals surface area contributed by atoms with Crippen LogP contribution in [0.25, 0.3) is 5.70 Å². The summed E-state index contributed by atoms with van der Waals surface area (Å²) in [5.41, 5.74) is 3.83. The monoisotopic (exact) mass is 432 g/mol. The number of allylic oxidation sites excluding steroid dienone is 2. The van der Waals surface area contributed by atoms with E-state index < -0.39 is 0 Å². The molecule has 0 spiro atoms. The smallest absolute Gasteiger partial charge is 0.251 e. The average molecular weight is 433 g/mol. The van der Waals surface area contributed by atoms with E-state index in [-0.39, 0.29) is 17.2 Å². The number of rotatable bonds is 9. The van der Waals surface area contributed by atoms with E-state index in [2.05, 4.69) is 48.3 Å². The van der Waals surface area contributed by atoms with Gasteiger partial charge in [0.15, 0.2) is 0 Å². The van der Waals surface area contributed by atoms with E-state index in [1.54, 1.807) is 30.6 Å². The molecule has 32 heavy (non-hydrogen) atoms. The number of nitrogens with one attached hydrogen (secondary N) is 3. The van der Waals surface area contributed by atoms with Gasteiger partial charge >= 0.3 is 0 Å². The Bertz CT molecular complexity index is 999. The first-order valence-corrected chi connectivity index (χ1v) is 10.6. The molecule has 0 saturated carbocycles. The third-order valence-corrected chi connectivity index (χ3v) is 4.50. The topological polar surface area (TPSA) is 82.6 Å². The molecule has 0 unspecified atom stereocenters. The van der Waals surface area contributed by atoms with Gasteiger partial charge in [-0.25, -0.2) is 4.99 Å². The summed E-state index contributed by atoms with van der Waals surface area (Å²) in [5, 5.41) is 8.82. The van der Waals surface area contributed by atoms with Gasteiger partial charge in [-0.3, -0.25) is 9.59 Å². The molecule has 6 heteroatoms. The maximum Gasteiger partial charge on any atom is 0.251 e. The van der Waals surface area contributed by atoms with Gasteiger partial charge in [-0.1, -0.05) is 51.6 Å². The van der Waals surface area contributed by atoms with Crippen molar-refractivity contribution in [2.24, 2.45) is 10.4 Å². The number of carbonyl (C=O) groups excluding carboxylic acids is 2. The standard InChI is InChI=1S/C26H32N4O2/c1-6-8-24(20-11-13-22(14-12-20)30-19(2)31)29-18-28-23-10-7-9-21(17-23)25(32)27-16-15-26(3,4)5/h6-14,17-18H,1,15-16H2,2-5H3,(H,27,32)(H,28,29)(H,30,31)/b24-8-. The highest BCUT2D eigenvalue weighted by Crippen LogP contribution is 2.19. The predicted molar refractivity (Wildman–Crippen MR) is 134 cm³/mol. The van der Waals surface area contributed by atoms with Gasteiger partial charge in [0.1, 0.15) is 0 Å². The molecule has 3 N–H and O–H groups in total. The summed E-state index contributed by atoms with van der Waals surface area (Å²) in [6, 6.07) is 14.7. The van der Waals surface area contributed by atoms with Crippen LogP contribution in [0.15, 0.2) is 72.3 Å². The molecule has 2 amide bonds. The Morgan fingerprint density at radius 2 is 1.75 bits per heavy atom. The van der Waals surface area contributed by atoms with Crippen molar-refractivity contribution in [2.75, 3.05) is 17.2 Å². The third kappa shape index (κ3) is 8.60. The Hall–Kier alpha value is -3.67. The van der Waals surface area contributed by atoms with E-state index in [1.165, 1.54) is 6.92 Å². The third-order valence-electron chi connectivity index (χ3n) is 4.50. The van der Waals surface area contributed by atoms with Crippen molar-refractivity contribution < 1.29 is 9.59 Å². The first kappa shape index (κ1) is 24.6. The molecule has 0 aromatic heterocycles. The normalized spacial score (nSPS) is 11.8. The van der Waals surface area contributed by atoms with Gasteiger partial charge in [0.05, 0.1) is 12.0 Å². The molecule has 2 rings (SSSR count). The minimum Gasteiger partial charge on any atom is -0.352 e. The van der Waals surface area contributed by atoms with Gasteiger partial charge in [0.25, 0.3) is 5.91 Å². The Balaban J connectivity index is 2.03. The van der Waals surface area contributed by atoms with Crippen LogP contribution < -0.4 is 16.0 Å².